The van der Waals surface area contributed by atoms with Gasteiger partial charge in [0.2, 0.25) is 5.91 Å². The first-order valence-electron chi connectivity index (χ1n) is 14.5. The van der Waals surface area contributed by atoms with E-state index >= 15 is 0 Å². The van der Waals surface area contributed by atoms with Crippen molar-refractivity contribution in [3.05, 3.63) is 66.0 Å². The van der Waals surface area contributed by atoms with Crippen LogP contribution >= 0.6 is 0 Å². The van der Waals surface area contributed by atoms with Crippen molar-refractivity contribution in [1.82, 2.24) is 25.0 Å². The van der Waals surface area contributed by atoms with Crippen LogP contribution in [-0.4, -0.2) is 111 Å². The molecule has 11 nitrogen and oxygen atoms in total. The second-order valence-corrected chi connectivity index (χ2v) is 11.3. The van der Waals surface area contributed by atoms with Crippen molar-refractivity contribution in [2.45, 2.75) is 43.7 Å². The minimum absolute atomic E-state index is 0.00827. The Labute approximate surface area is 266 Å². The van der Waals surface area contributed by atoms with Crippen molar-refractivity contribution in [3.63, 3.8) is 0 Å². The molecule has 2 atom stereocenters. The zero-order chi connectivity index (χ0) is 35.0. The summed E-state index contributed by atoms with van der Waals surface area (Å²) in [5.41, 5.74) is 2.28. The van der Waals surface area contributed by atoms with Crippen LogP contribution in [0.5, 0.6) is 0 Å². The lowest BCUT2D eigenvalue weighted by Crippen LogP contribution is -2.57. The van der Waals surface area contributed by atoms with Gasteiger partial charge in [-0.3, -0.25) is 14.7 Å². The number of halogens is 6. The van der Waals surface area contributed by atoms with Crippen LogP contribution in [0.15, 0.2) is 54.9 Å². The van der Waals surface area contributed by atoms with Gasteiger partial charge in [-0.1, -0.05) is 36.4 Å². The number of likely N-dealkylation sites (tertiary alicyclic amines) is 3. The van der Waals surface area contributed by atoms with Crippen LogP contribution in [0.2, 0.25) is 0 Å². The largest absolute Gasteiger partial charge is 0.490 e. The Hall–Kier alpha value is -4.41. The summed E-state index contributed by atoms with van der Waals surface area (Å²) in [4.78, 5) is 54.3. The number of hydrogen-bond donors (Lipinski definition) is 3. The number of benzene rings is 1. The Morgan fingerprint density at radius 2 is 1.47 bits per heavy atom. The number of nitrogens with zero attached hydrogens (tertiary/aromatic N) is 4. The number of carboxylic acid groups (broad SMARTS) is 2. The summed E-state index contributed by atoms with van der Waals surface area (Å²) in [6.45, 7) is 4.61. The monoisotopic (exact) mass is 675 g/mol. The smallest absolute Gasteiger partial charge is 0.475 e. The first-order valence-corrected chi connectivity index (χ1v) is 14.5. The predicted octanol–water partition coefficient (Wildman–Crippen LogP) is 3.66. The number of amides is 3. The highest BCUT2D eigenvalue weighted by molar-refractivity contribution is 5.84. The van der Waals surface area contributed by atoms with E-state index in [0.29, 0.717) is 25.6 Å². The van der Waals surface area contributed by atoms with Gasteiger partial charge in [0.25, 0.3) is 0 Å². The molecule has 47 heavy (non-hydrogen) atoms. The van der Waals surface area contributed by atoms with Gasteiger partial charge in [0.05, 0.1) is 11.5 Å². The maximum atomic E-state index is 13.1. The molecular formula is C30H35F6N5O6. The van der Waals surface area contributed by atoms with Gasteiger partial charge in [0.15, 0.2) is 0 Å². The lowest BCUT2D eigenvalue weighted by atomic mass is 9.75. The lowest BCUT2D eigenvalue weighted by Gasteiger charge is -2.46. The number of carboxylic acids is 2. The zero-order valence-electron chi connectivity index (χ0n) is 25.3. The molecular weight excluding hydrogens is 640 g/mol. The second kappa shape index (κ2) is 15.5. The minimum atomic E-state index is -5.08. The third kappa shape index (κ3) is 9.79. The Morgan fingerprint density at radius 1 is 0.915 bits per heavy atom. The number of fused-ring (bicyclic) bond motifs is 2. The molecule has 1 spiro atoms. The van der Waals surface area contributed by atoms with E-state index in [2.05, 4.69) is 33.4 Å². The highest BCUT2D eigenvalue weighted by Gasteiger charge is 2.60. The SMILES string of the molecule is CN1C(=O)[C@H]2CN(Cc3cccnc3)C[C@H]2C12CCN(C(=O)NCCc1ccccc1)CC2.O=C(O)C(F)(F)F.O=C(O)C(F)(F)F. The second-order valence-electron chi connectivity index (χ2n) is 11.3. The fourth-order valence-corrected chi connectivity index (χ4v) is 6.15. The van der Waals surface area contributed by atoms with E-state index in [1.807, 2.05) is 47.3 Å². The number of rotatable bonds is 5. The van der Waals surface area contributed by atoms with Crippen LogP contribution in [0.1, 0.15) is 24.0 Å². The first kappa shape index (κ1) is 37.1. The number of alkyl halides is 6. The van der Waals surface area contributed by atoms with Crippen LogP contribution in [0.4, 0.5) is 31.1 Å². The summed E-state index contributed by atoms with van der Waals surface area (Å²) >= 11 is 0. The van der Waals surface area contributed by atoms with Crippen molar-refractivity contribution in [2.24, 2.45) is 11.8 Å². The van der Waals surface area contributed by atoms with Crippen molar-refractivity contribution < 1.29 is 55.7 Å². The van der Waals surface area contributed by atoms with Crippen LogP contribution in [-0.2, 0) is 27.3 Å². The van der Waals surface area contributed by atoms with E-state index in [0.717, 1.165) is 38.9 Å². The molecule has 3 aliphatic rings. The van der Waals surface area contributed by atoms with Gasteiger partial charge >= 0.3 is 30.3 Å². The number of pyridine rings is 1. The molecule has 3 fully saturated rings. The number of carbonyl (C=O) groups is 4. The number of piperidine rings is 1. The third-order valence-corrected chi connectivity index (χ3v) is 8.46. The van der Waals surface area contributed by atoms with Crippen molar-refractivity contribution >= 4 is 23.9 Å². The lowest BCUT2D eigenvalue weighted by molar-refractivity contribution is -0.193. The number of urea groups is 1. The third-order valence-electron chi connectivity index (χ3n) is 8.46. The van der Waals surface area contributed by atoms with Gasteiger partial charge in [0.1, 0.15) is 0 Å². The summed E-state index contributed by atoms with van der Waals surface area (Å²) < 4.78 is 63.5. The van der Waals surface area contributed by atoms with Crippen LogP contribution < -0.4 is 5.32 Å². The highest BCUT2D eigenvalue weighted by Crippen LogP contribution is 2.49. The molecule has 1 aromatic carbocycles. The topological polar surface area (TPSA) is 143 Å². The summed E-state index contributed by atoms with van der Waals surface area (Å²) in [6.07, 6.45) is -3.93. The van der Waals surface area contributed by atoms with Gasteiger partial charge in [-0.25, -0.2) is 14.4 Å². The molecule has 1 aromatic heterocycles. The number of carbonyl (C=O) groups excluding carboxylic acids is 2. The quantitative estimate of drug-likeness (QED) is 0.408. The first-order chi connectivity index (χ1) is 22.0. The molecule has 3 saturated heterocycles. The van der Waals surface area contributed by atoms with E-state index < -0.39 is 24.3 Å². The minimum Gasteiger partial charge on any atom is -0.475 e. The maximum Gasteiger partial charge on any atom is 0.490 e. The Balaban J connectivity index is 0.000000360. The fourth-order valence-electron chi connectivity index (χ4n) is 6.15. The van der Waals surface area contributed by atoms with E-state index in [9.17, 15) is 35.9 Å². The number of aromatic nitrogens is 1. The van der Waals surface area contributed by atoms with Gasteiger partial charge < -0.3 is 25.3 Å². The summed E-state index contributed by atoms with van der Waals surface area (Å²) in [7, 11) is 1.97. The number of nitrogens with one attached hydrogen (secondary N) is 1. The van der Waals surface area contributed by atoms with E-state index in [1.54, 1.807) is 6.20 Å². The average molecular weight is 676 g/mol. The van der Waals surface area contributed by atoms with Gasteiger partial charge in [-0.05, 0) is 36.5 Å². The Kier molecular flexibility index (Phi) is 12.2. The molecule has 5 rings (SSSR count). The van der Waals surface area contributed by atoms with Crippen molar-refractivity contribution in [2.75, 3.05) is 39.8 Å². The van der Waals surface area contributed by atoms with Gasteiger partial charge in [-0.15, -0.1) is 0 Å². The normalized spacial score (nSPS) is 20.4. The zero-order valence-corrected chi connectivity index (χ0v) is 25.3. The molecule has 3 amide bonds. The maximum absolute atomic E-state index is 13.1. The molecule has 17 heteroatoms. The van der Waals surface area contributed by atoms with Crippen molar-refractivity contribution in [1.29, 1.82) is 0 Å². The molecule has 0 saturated carbocycles. The molecule has 3 N–H and O–H groups in total. The van der Waals surface area contributed by atoms with Crippen LogP contribution in [0.3, 0.4) is 0 Å². The molecule has 0 unspecified atom stereocenters. The van der Waals surface area contributed by atoms with Gasteiger partial charge in [-0.2, -0.15) is 26.3 Å². The van der Waals surface area contributed by atoms with Crippen LogP contribution in [0, 0.1) is 11.8 Å². The van der Waals surface area contributed by atoms with E-state index in [1.165, 1.54) is 11.1 Å². The fraction of sp³-hybridized carbons (Fsp3) is 0.500. The number of aliphatic carboxylic acids is 2. The van der Waals surface area contributed by atoms with Crippen LogP contribution in [0.25, 0.3) is 0 Å². The average Bonchev–Trinajstić information content (AvgIpc) is 3.51. The summed E-state index contributed by atoms with van der Waals surface area (Å²) in [6, 6.07) is 14.3. The summed E-state index contributed by atoms with van der Waals surface area (Å²) in [5, 5.41) is 17.3. The molecule has 0 radical (unpaired) electrons. The Morgan fingerprint density at radius 3 is 1.98 bits per heavy atom. The highest BCUT2D eigenvalue weighted by atomic mass is 19.4. The molecule has 0 aliphatic carbocycles. The van der Waals surface area contributed by atoms with E-state index in [4.69, 9.17) is 19.8 Å². The van der Waals surface area contributed by atoms with Crippen molar-refractivity contribution in [3.8, 4) is 0 Å². The Bertz CT molecular complexity index is 1350. The molecule has 258 valence electrons. The standard InChI is InChI=1S/C26H33N5O2.2C2HF3O2/c1-29-24(32)22-18-30(17-21-8-5-12-27-16-21)19-23(22)26(29)10-14-31(15-11-26)25(33)28-13-9-20-6-3-2-4-7-20;2*3-2(4,5)1(6)7/h2-8,12,16,22-23H,9-11,13-15,17-19H2,1H3,(H,28,33);2*(H,6,7)/t22-,23+;;/m0../s1. The molecule has 4 heterocycles. The van der Waals surface area contributed by atoms with E-state index in [-0.39, 0.29) is 23.4 Å². The molecule has 2 aromatic rings. The van der Waals surface area contributed by atoms with Gasteiger partial charge in [0, 0.05) is 64.6 Å². The predicted molar refractivity (Wildman–Crippen MR) is 154 cm³/mol. The molecule has 0 bridgehead atoms. The molecule has 3 aliphatic heterocycles. The number of hydrogen-bond acceptors (Lipinski definition) is 6. The summed E-state index contributed by atoms with van der Waals surface area (Å²) in [5.74, 6) is -4.85.